The lowest BCUT2D eigenvalue weighted by atomic mass is 10.0. The highest BCUT2D eigenvalue weighted by Gasteiger charge is 2.31. The standard InChI is InChI=1S/C12H12F3NO/c13-12(14,15)9-4-5-10(16-7-9)6-8-2-1-3-11(8)17/h4-5,7-8H,1-3,6H2/t8-/m0/s1. The van der Waals surface area contributed by atoms with Crippen LogP contribution in [0.15, 0.2) is 18.3 Å². The minimum Gasteiger partial charge on any atom is -0.299 e. The van der Waals surface area contributed by atoms with Gasteiger partial charge in [0.25, 0.3) is 0 Å². The molecule has 0 spiro atoms. The molecule has 0 bridgehead atoms. The predicted molar refractivity (Wildman–Crippen MR) is 55.3 cm³/mol. The first-order chi connectivity index (χ1) is 7.97. The number of carbonyl (C=O) groups excluding carboxylic acids is 1. The van der Waals surface area contributed by atoms with E-state index < -0.39 is 11.7 Å². The first kappa shape index (κ1) is 12.1. The molecule has 0 saturated heterocycles. The number of rotatable bonds is 2. The maximum atomic E-state index is 12.3. The molecule has 1 saturated carbocycles. The molecule has 1 aromatic heterocycles. The molecule has 0 amide bonds. The molecular formula is C12H12F3NO. The number of nitrogens with zero attached hydrogens (tertiary/aromatic N) is 1. The summed E-state index contributed by atoms with van der Waals surface area (Å²) in [7, 11) is 0. The van der Waals surface area contributed by atoms with Crippen molar-refractivity contribution in [2.45, 2.75) is 31.9 Å². The summed E-state index contributed by atoms with van der Waals surface area (Å²) < 4.78 is 36.9. The summed E-state index contributed by atoms with van der Waals surface area (Å²) in [5, 5.41) is 0. The van der Waals surface area contributed by atoms with Crippen LogP contribution in [0.3, 0.4) is 0 Å². The number of hydrogen-bond donors (Lipinski definition) is 0. The number of carbonyl (C=O) groups is 1. The summed E-state index contributed by atoms with van der Waals surface area (Å²) in [6.45, 7) is 0. The summed E-state index contributed by atoms with van der Waals surface area (Å²) in [5.41, 5.74) is -0.197. The van der Waals surface area contributed by atoms with E-state index in [9.17, 15) is 18.0 Å². The van der Waals surface area contributed by atoms with Crippen molar-refractivity contribution >= 4 is 5.78 Å². The number of hydrogen-bond acceptors (Lipinski definition) is 2. The molecule has 1 aliphatic rings. The fourth-order valence-electron chi connectivity index (χ4n) is 2.07. The van der Waals surface area contributed by atoms with Gasteiger partial charge >= 0.3 is 6.18 Å². The van der Waals surface area contributed by atoms with Crippen LogP contribution in [0.1, 0.15) is 30.5 Å². The highest BCUT2D eigenvalue weighted by Crippen LogP contribution is 2.29. The van der Waals surface area contributed by atoms with Crippen molar-refractivity contribution in [3.05, 3.63) is 29.6 Å². The average molecular weight is 243 g/mol. The second-order valence-corrected chi connectivity index (χ2v) is 4.30. The SMILES string of the molecule is O=C1CCC[C@H]1Cc1ccc(C(F)(F)F)cn1. The molecule has 1 fully saturated rings. The minimum atomic E-state index is -4.35. The van der Waals surface area contributed by atoms with Gasteiger partial charge in [0.2, 0.25) is 0 Å². The zero-order valence-corrected chi connectivity index (χ0v) is 9.13. The fourth-order valence-corrected chi connectivity index (χ4v) is 2.07. The number of alkyl halides is 3. The first-order valence-electron chi connectivity index (χ1n) is 5.51. The van der Waals surface area contributed by atoms with Crippen LogP contribution in [0.2, 0.25) is 0 Å². The van der Waals surface area contributed by atoms with Crippen LogP contribution in [0.5, 0.6) is 0 Å². The van der Waals surface area contributed by atoms with Gasteiger partial charge in [0.15, 0.2) is 0 Å². The molecule has 5 heteroatoms. The number of aromatic nitrogens is 1. The smallest absolute Gasteiger partial charge is 0.299 e. The fraction of sp³-hybridized carbons (Fsp3) is 0.500. The number of pyridine rings is 1. The Kier molecular flexibility index (Phi) is 3.17. The predicted octanol–water partition coefficient (Wildman–Crippen LogP) is 3.01. The molecule has 0 N–H and O–H groups in total. The van der Waals surface area contributed by atoms with Crippen molar-refractivity contribution in [2.24, 2.45) is 5.92 Å². The normalized spacial score (nSPS) is 20.9. The van der Waals surface area contributed by atoms with Gasteiger partial charge in [-0.25, -0.2) is 0 Å². The van der Waals surface area contributed by atoms with E-state index in [0.29, 0.717) is 18.5 Å². The quantitative estimate of drug-likeness (QED) is 0.799. The van der Waals surface area contributed by atoms with Crippen molar-refractivity contribution in [2.75, 3.05) is 0 Å². The molecule has 0 unspecified atom stereocenters. The van der Waals surface area contributed by atoms with E-state index in [1.807, 2.05) is 0 Å². The highest BCUT2D eigenvalue weighted by molar-refractivity contribution is 5.83. The van der Waals surface area contributed by atoms with E-state index in [0.717, 1.165) is 25.1 Å². The Morgan fingerprint density at radius 3 is 2.59 bits per heavy atom. The van der Waals surface area contributed by atoms with Crippen LogP contribution < -0.4 is 0 Å². The van der Waals surface area contributed by atoms with Crippen LogP contribution in [0, 0.1) is 5.92 Å². The molecule has 2 rings (SSSR count). The van der Waals surface area contributed by atoms with E-state index in [-0.39, 0.29) is 11.7 Å². The molecular weight excluding hydrogens is 231 g/mol. The Labute approximate surface area is 96.9 Å². The van der Waals surface area contributed by atoms with Gasteiger partial charge in [-0.3, -0.25) is 9.78 Å². The summed E-state index contributed by atoms with van der Waals surface area (Å²) >= 11 is 0. The lowest BCUT2D eigenvalue weighted by molar-refractivity contribution is -0.137. The Hall–Kier alpha value is -1.39. The summed E-state index contributed by atoms with van der Waals surface area (Å²) in [6, 6.07) is 2.37. The maximum absolute atomic E-state index is 12.3. The monoisotopic (exact) mass is 243 g/mol. The zero-order chi connectivity index (χ0) is 12.5. The Morgan fingerprint density at radius 2 is 2.12 bits per heavy atom. The molecule has 0 radical (unpaired) electrons. The number of ketones is 1. The first-order valence-corrected chi connectivity index (χ1v) is 5.51. The molecule has 1 aliphatic carbocycles. The topological polar surface area (TPSA) is 30.0 Å². The largest absolute Gasteiger partial charge is 0.417 e. The van der Waals surface area contributed by atoms with Crippen LogP contribution in [0.25, 0.3) is 0 Å². The van der Waals surface area contributed by atoms with E-state index in [1.165, 1.54) is 6.07 Å². The van der Waals surface area contributed by atoms with Gasteiger partial charge in [-0.15, -0.1) is 0 Å². The number of halogens is 3. The van der Waals surface area contributed by atoms with E-state index in [4.69, 9.17) is 0 Å². The second-order valence-electron chi connectivity index (χ2n) is 4.30. The van der Waals surface area contributed by atoms with Crippen molar-refractivity contribution in [1.82, 2.24) is 4.98 Å². The third-order valence-electron chi connectivity index (χ3n) is 3.04. The minimum absolute atomic E-state index is 0.0563. The van der Waals surface area contributed by atoms with Crippen molar-refractivity contribution in [3.8, 4) is 0 Å². The summed E-state index contributed by atoms with van der Waals surface area (Å²) in [6.07, 6.45) is -0.780. The molecule has 1 heterocycles. The molecule has 1 atom stereocenters. The van der Waals surface area contributed by atoms with Gasteiger partial charge in [-0.05, 0) is 31.4 Å². The Bertz CT molecular complexity index is 411. The Morgan fingerprint density at radius 1 is 1.35 bits per heavy atom. The third kappa shape index (κ3) is 2.84. The van der Waals surface area contributed by atoms with Crippen LogP contribution in [-0.2, 0) is 17.4 Å². The van der Waals surface area contributed by atoms with Gasteiger partial charge < -0.3 is 0 Å². The maximum Gasteiger partial charge on any atom is 0.417 e. The summed E-state index contributed by atoms with van der Waals surface area (Å²) in [4.78, 5) is 15.2. The van der Waals surface area contributed by atoms with Crippen LogP contribution in [-0.4, -0.2) is 10.8 Å². The van der Waals surface area contributed by atoms with Gasteiger partial charge in [0, 0.05) is 24.2 Å². The molecule has 0 aliphatic heterocycles. The average Bonchev–Trinajstić information content (AvgIpc) is 2.64. The molecule has 1 aromatic rings. The van der Waals surface area contributed by atoms with Gasteiger partial charge in [0.05, 0.1) is 5.56 Å². The molecule has 92 valence electrons. The molecule has 0 aromatic carbocycles. The third-order valence-corrected chi connectivity index (χ3v) is 3.04. The van der Waals surface area contributed by atoms with E-state index in [1.54, 1.807) is 0 Å². The van der Waals surface area contributed by atoms with Gasteiger partial charge in [-0.1, -0.05) is 0 Å². The van der Waals surface area contributed by atoms with E-state index in [2.05, 4.69) is 4.98 Å². The van der Waals surface area contributed by atoms with E-state index >= 15 is 0 Å². The van der Waals surface area contributed by atoms with Gasteiger partial charge in [-0.2, -0.15) is 13.2 Å². The van der Waals surface area contributed by atoms with Crippen LogP contribution in [0.4, 0.5) is 13.2 Å². The molecule has 2 nitrogen and oxygen atoms in total. The van der Waals surface area contributed by atoms with Crippen molar-refractivity contribution in [1.29, 1.82) is 0 Å². The lowest BCUT2D eigenvalue weighted by Gasteiger charge is -2.09. The van der Waals surface area contributed by atoms with Crippen molar-refractivity contribution in [3.63, 3.8) is 0 Å². The number of Topliss-reactive ketones (excluding diaryl/α,β-unsaturated/α-hetero) is 1. The molecule has 17 heavy (non-hydrogen) atoms. The lowest BCUT2D eigenvalue weighted by Crippen LogP contribution is -2.11. The summed E-state index contributed by atoms with van der Waals surface area (Å²) in [5.74, 6) is 0.144. The highest BCUT2D eigenvalue weighted by atomic mass is 19.4. The van der Waals surface area contributed by atoms with Crippen molar-refractivity contribution < 1.29 is 18.0 Å². The zero-order valence-electron chi connectivity index (χ0n) is 9.13. The second kappa shape index (κ2) is 4.47. The van der Waals surface area contributed by atoms with Crippen LogP contribution >= 0.6 is 0 Å². The Balaban J connectivity index is 2.06. The van der Waals surface area contributed by atoms with Gasteiger partial charge in [0.1, 0.15) is 5.78 Å².